The molecule has 4 nitrogen and oxygen atoms in total. The minimum Gasteiger partial charge on any atom is -0.478 e. The molecule has 1 heterocycles. The second kappa shape index (κ2) is 5.61. The Kier molecular flexibility index (Phi) is 4.10. The highest BCUT2D eigenvalue weighted by molar-refractivity contribution is 5.94. The van der Waals surface area contributed by atoms with E-state index in [-0.39, 0.29) is 0 Å². The van der Waals surface area contributed by atoms with Gasteiger partial charge in [0.05, 0.1) is 11.3 Å². The number of rotatable bonds is 3. The molecule has 0 saturated carbocycles. The van der Waals surface area contributed by atoms with E-state index in [0.29, 0.717) is 23.3 Å². The molecule has 1 fully saturated rings. The maximum Gasteiger partial charge on any atom is 0.337 e. The molecule has 0 aromatic heterocycles. The maximum absolute atomic E-state index is 11.3. The van der Waals surface area contributed by atoms with Crippen LogP contribution in [0.4, 0.5) is 5.69 Å². The molecule has 0 aliphatic carbocycles. The predicted octanol–water partition coefficient (Wildman–Crippen LogP) is 3.28. The number of aryl methyl sites for hydroxylation is 1. The van der Waals surface area contributed by atoms with Crippen LogP contribution in [0.5, 0.6) is 0 Å². The lowest BCUT2D eigenvalue weighted by Gasteiger charge is -2.39. The van der Waals surface area contributed by atoms with E-state index in [9.17, 15) is 9.90 Å². The van der Waals surface area contributed by atoms with Crippen molar-refractivity contribution in [3.05, 3.63) is 29.3 Å². The second-order valence-corrected chi connectivity index (χ2v) is 5.50. The van der Waals surface area contributed by atoms with Crippen LogP contribution in [0.25, 0.3) is 0 Å². The third kappa shape index (κ3) is 3.07. The number of hydrazine groups is 1. The highest BCUT2D eigenvalue weighted by atomic mass is 16.4. The van der Waals surface area contributed by atoms with Crippen molar-refractivity contribution in [2.24, 2.45) is 0 Å². The average Bonchev–Trinajstić information content (AvgIpc) is 2.35. The van der Waals surface area contributed by atoms with Gasteiger partial charge in [-0.2, -0.15) is 0 Å². The summed E-state index contributed by atoms with van der Waals surface area (Å²) in [7, 11) is 0. The molecule has 19 heavy (non-hydrogen) atoms. The lowest BCUT2D eigenvalue weighted by Crippen LogP contribution is -2.47. The zero-order valence-electron chi connectivity index (χ0n) is 11.8. The Hall–Kier alpha value is -1.55. The van der Waals surface area contributed by atoms with Crippen LogP contribution in [0, 0.1) is 6.92 Å². The molecule has 2 N–H and O–H groups in total. The quantitative estimate of drug-likeness (QED) is 0.877. The largest absolute Gasteiger partial charge is 0.478 e. The molecular weight excluding hydrogens is 240 g/mol. The van der Waals surface area contributed by atoms with E-state index in [4.69, 9.17) is 0 Å². The van der Waals surface area contributed by atoms with Crippen LogP contribution in [0.3, 0.4) is 0 Å². The predicted molar refractivity (Wildman–Crippen MR) is 76.4 cm³/mol. The SMILES string of the molecule is Cc1ccc(NN2C(C)CCCC2C)c(C(=O)O)c1. The van der Waals surface area contributed by atoms with E-state index in [2.05, 4.69) is 24.3 Å². The van der Waals surface area contributed by atoms with Gasteiger partial charge in [0.1, 0.15) is 0 Å². The Bertz CT molecular complexity index is 463. The minimum atomic E-state index is -0.886. The van der Waals surface area contributed by atoms with Gasteiger partial charge in [-0.1, -0.05) is 18.1 Å². The van der Waals surface area contributed by atoms with Gasteiger partial charge >= 0.3 is 5.97 Å². The summed E-state index contributed by atoms with van der Waals surface area (Å²) in [5.74, 6) is -0.886. The Labute approximate surface area is 114 Å². The van der Waals surface area contributed by atoms with Crippen molar-refractivity contribution in [1.82, 2.24) is 5.01 Å². The summed E-state index contributed by atoms with van der Waals surface area (Å²) in [6.07, 6.45) is 3.53. The van der Waals surface area contributed by atoms with Crippen LogP contribution >= 0.6 is 0 Å². The molecule has 0 amide bonds. The van der Waals surface area contributed by atoms with Gasteiger partial charge in [0, 0.05) is 12.1 Å². The zero-order chi connectivity index (χ0) is 14.0. The van der Waals surface area contributed by atoms with Gasteiger partial charge in [-0.05, 0) is 45.7 Å². The maximum atomic E-state index is 11.3. The number of aromatic carboxylic acids is 1. The highest BCUT2D eigenvalue weighted by Gasteiger charge is 2.25. The van der Waals surface area contributed by atoms with Crippen molar-refractivity contribution in [2.45, 2.75) is 52.1 Å². The molecule has 0 bridgehead atoms. The molecule has 0 radical (unpaired) electrons. The summed E-state index contributed by atoms with van der Waals surface area (Å²) in [5, 5.41) is 11.5. The number of hydrogen-bond acceptors (Lipinski definition) is 3. The van der Waals surface area contributed by atoms with E-state index in [0.717, 1.165) is 18.4 Å². The van der Waals surface area contributed by atoms with Crippen molar-refractivity contribution in [3.8, 4) is 0 Å². The number of carboxylic acids is 1. The smallest absolute Gasteiger partial charge is 0.337 e. The van der Waals surface area contributed by atoms with E-state index >= 15 is 0 Å². The molecule has 2 unspecified atom stereocenters. The van der Waals surface area contributed by atoms with Crippen LogP contribution in [-0.4, -0.2) is 28.2 Å². The van der Waals surface area contributed by atoms with Gasteiger partial charge in [0.25, 0.3) is 0 Å². The van der Waals surface area contributed by atoms with E-state index in [1.54, 1.807) is 6.07 Å². The fourth-order valence-corrected chi connectivity index (χ4v) is 2.71. The number of nitrogens with one attached hydrogen (secondary N) is 1. The lowest BCUT2D eigenvalue weighted by atomic mass is 9.99. The van der Waals surface area contributed by atoms with Crippen molar-refractivity contribution in [2.75, 3.05) is 5.43 Å². The topological polar surface area (TPSA) is 52.6 Å². The Morgan fingerprint density at radius 2 is 1.95 bits per heavy atom. The summed E-state index contributed by atoms with van der Waals surface area (Å²) < 4.78 is 0. The Balaban J connectivity index is 2.24. The van der Waals surface area contributed by atoms with E-state index in [1.165, 1.54) is 6.42 Å². The van der Waals surface area contributed by atoms with Gasteiger partial charge in [0.2, 0.25) is 0 Å². The van der Waals surface area contributed by atoms with Crippen LogP contribution < -0.4 is 5.43 Å². The van der Waals surface area contributed by atoms with Crippen LogP contribution in [0.2, 0.25) is 0 Å². The summed E-state index contributed by atoms with van der Waals surface area (Å²) in [5.41, 5.74) is 5.29. The van der Waals surface area contributed by atoms with Crippen molar-refractivity contribution < 1.29 is 9.90 Å². The third-order valence-electron chi connectivity index (χ3n) is 3.85. The lowest BCUT2D eigenvalue weighted by molar-refractivity contribution is 0.0696. The second-order valence-electron chi connectivity index (χ2n) is 5.50. The number of benzene rings is 1. The highest BCUT2D eigenvalue weighted by Crippen LogP contribution is 2.25. The normalized spacial score (nSPS) is 24.2. The number of hydrogen-bond donors (Lipinski definition) is 2. The van der Waals surface area contributed by atoms with Gasteiger partial charge in [0.15, 0.2) is 0 Å². The van der Waals surface area contributed by atoms with E-state index in [1.807, 2.05) is 19.1 Å². The van der Waals surface area contributed by atoms with Crippen molar-refractivity contribution in [1.29, 1.82) is 0 Å². The van der Waals surface area contributed by atoms with Gasteiger partial charge in [-0.25, -0.2) is 9.80 Å². The molecule has 1 saturated heterocycles. The molecule has 104 valence electrons. The molecule has 0 spiro atoms. The number of carbonyl (C=O) groups is 1. The number of piperidine rings is 1. The zero-order valence-corrected chi connectivity index (χ0v) is 11.8. The number of anilines is 1. The first kappa shape index (κ1) is 13.9. The summed E-state index contributed by atoms with van der Waals surface area (Å²) in [6.45, 7) is 6.26. The van der Waals surface area contributed by atoms with Gasteiger partial charge < -0.3 is 10.5 Å². The molecule has 1 aromatic carbocycles. The van der Waals surface area contributed by atoms with E-state index < -0.39 is 5.97 Å². The number of carboxylic acid groups (broad SMARTS) is 1. The molecule has 1 aromatic rings. The molecule has 2 rings (SSSR count). The monoisotopic (exact) mass is 262 g/mol. The van der Waals surface area contributed by atoms with Gasteiger partial charge in [-0.15, -0.1) is 0 Å². The van der Waals surface area contributed by atoms with Crippen LogP contribution in [0.15, 0.2) is 18.2 Å². The Morgan fingerprint density at radius 1 is 1.32 bits per heavy atom. The number of nitrogens with zero attached hydrogens (tertiary/aromatic N) is 1. The molecule has 1 aliphatic rings. The van der Waals surface area contributed by atoms with Gasteiger partial charge in [-0.3, -0.25) is 0 Å². The molecule has 1 aliphatic heterocycles. The average molecular weight is 262 g/mol. The standard InChI is InChI=1S/C15H22N2O2/c1-10-7-8-14(13(9-10)15(18)19)16-17-11(2)5-4-6-12(17)3/h7-9,11-12,16H,4-6H2,1-3H3,(H,18,19). The first-order chi connectivity index (χ1) is 8.99. The molecular formula is C15H22N2O2. The van der Waals surface area contributed by atoms with Crippen molar-refractivity contribution >= 4 is 11.7 Å². The summed E-state index contributed by atoms with van der Waals surface area (Å²) in [6, 6.07) is 6.35. The first-order valence-corrected chi connectivity index (χ1v) is 6.88. The molecule has 2 atom stereocenters. The summed E-state index contributed by atoms with van der Waals surface area (Å²) >= 11 is 0. The Morgan fingerprint density at radius 3 is 2.53 bits per heavy atom. The fourth-order valence-electron chi connectivity index (χ4n) is 2.71. The van der Waals surface area contributed by atoms with Crippen LogP contribution in [0.1, 0.15) is 49.0 Å². The van der Waals surface area contributed by atoms with Crippen LogP contribution in [-0.2, 0) is 0 Å². The third-order valence-corrected chi connectivity index (χ3v) is 3.85. The van der Waals surface area contributed by atoms with Crippen molar-refractivity contribution in [3.63, 3.8) is 0 Å². The first-order valence-electron chi connectivity index (χ1n) is 6.88. The summed E-state index contributed by atoms with van der Waals surface area (Å²) in [4.78, 5) is 11.3. The molecule has 4 heteroatoms. The minimum absolute atomic E-state index is 0.338. The fraction of sp³-hybridized carbons (Fsp3) is 0.533.